The molecule has 0 fully saturated rings. The van der Waals surface area contributed by atoms with Crippen molar-refractivity contribution in [3.63, 3.8) is 0 Å². The molecule has 0 saturated heterocycles. The van der Waals surface area contributed by atoms with Crippen molar-refractivity contribution in [1.29, 1.82) is 0 Å². The molecule has 3 heteroatoms. The summed E-state index contributed by atoms with van der Waals surface area (Å²) in [5, 5.41) is 0. The molecule has 1 heterocycles. The fraction of sp³-hybridized carbons (Fsp3) is 0.176. The number of aliphatic imine (C=N–C) groups is 1. The van der Waals surface area contributed by atoms with Gasteiger partial charge in [-0.05, 0) is 30.2 Å². The van der Waals surface area contributed by atoms with Crippen molar-refractivity contribution in [2.75, 3.05) is 11.9 Å². The van der Waals surface area contributed by atoms with Gasteiger partial charge in [-0.3, -0.25) is 4.79 Å². The summed E-state index contributed by atoms with van der Waals surface area (Å²) < 4.78 is 0. The molecule has 2 aromatic carbocycles. The minimum Gasteiger partial charge on any atom is -0.309 e. The van der Waals surface area contributed by atoms with Gasteiger partial charge in [0.1, 0.15) is 5.71 Å². The zero-order valence-corrected chi connectivity index (χ0v) is 11.6. The summed E-state index contributed by atoms with van der Waals surface area (Å²) in [6, 6.07) is 15.8. The van der Waals surface area contributed by atoms with Gasteiger partial charge >= 0.3 is 0 Å². The molecule has 0 N–H and O–H groups in total. The minimum atomic E-state index is -0.0481. The molecule has 2 aromatic rings. The van der Waals surface area contributed by atoms with Gasteiger partial charge in [0.05, 0.1) is 11.4 Å². The fourth-order valence-electron chi connectivity index (χ4n) is 2.43. The number of likely N-dealkylation sites (N-methyl/N-ethyl adjacent to an activating group) is 1. The van der Waals surface area contributed by atoms with E-state index in [1.807, 2.05) is 42.5 Å². The molecule has 0 saturated carbocycles. The monoisotopic (exact) mass is 264 g/mol. The number of fused-ring (bicyclic) bond motifs is 1. The number of para-hydroxylation sites is 1. The van der Waals surface area contributed by atoms with Crippen molar-refractivity contribution in [3.05, 3.63) is 59.7 Å². The Labute approximate surface area is 118 Å². The molecule has 0 bridgehead atoms. The number of carbonyl (C=O) groups is 1. The lowest BCUT2D eigenvalue weighted by atomic mass is 10.1. The number of amides is 1. The van der Waals surface area contributed by atoms with Crippen molar-refractivity contribution in [2.45, 2.75) is 13.3 Å². The fourth-order valence-corrected chi connectivity index (χ4v) is 2.43. The van der Waals surface area contributed by atoms with Crippen LogP contribution in [-0.4, -0.2) is 18.7 Å². The molecular weight excluding hydrogens is 248 g/mol. The van der Waals surface area contributed by atoms with E-state index in [2.05, 4.69) is 18.0 Å². The molecule has 0 atom stereocenters. The van der Waals surface area contributed by atoms with Gasteiger partial charge in [-0.25, -0.2) is 4.99 Å². The quantitative estimate of drug-likeness (QED) is 0.818. The molecular formula is C17H16N2O. The number of benzene rings is 2. The standard InChI is InChI=1S/C17H16N2O/c1-3-12-7-6-8-13(11-12)18-16-14-9-4-5-10-15(14)19(2)17(16)20/h4-11H,3H2,1-2H3. The van der Waals surface area contributed by atoms with Crippen LogP contribution in [-0.2, 0) is 11.2 Å². The van der Waals surface area contributed by atoms with Crippen LogP contribution in [0.3, 0.4) is 0 Å². The van der Waals surface area contributed by atoms with E-state index in [0.29, 0.717) is 5.71 Å². The highest BCUT2D eigenvalue weighted by atomic mass is 16.2. The van der Waals surface area contributed by atoms with Crippen molar-refractivity contribution >= 4 is 23.0 Å². The predicted molar refractivity (Wildman–Crippen MR) is 81.9 cm³/mol. The van der Waals surface area contributed by atoms with Gasteiger partial charge in [0.2, 0.25) is 0 Å². The molecule has 20 heavy (non-hydrogen) atoms. The zero-order chi connectivity index (χ0) is 14.1. The van der Waals surface area contributed by atoms with Gasteiger partial charge in [-0.2, -0.15) is 0 Å². The number of anilines is 1. The predicted octanol–water partition coefficient (Wildman–Crippen LogP) is 3.35. The first kappa shape index (κ1) is 12.6. The normalized spacial score (nSPS) is 15.8. The number of nitrogens with zero attached hydrogens (tertiary/aromatic N) is 2. The first-order valence-corrected chi connectivity index (χ1v) is 6.76. The van der Waals surface area contributed by atoms with Crippen LogP contribution in [0.5, 0.6) is 0 Å². The van der Waals surface area contributed by atoms with Gasteiger partial charge in [0.15, 0.2) is 0 Å². The topological polar surface area (TPSA) is 32.7 Å². The first-order chi connectivity index (χ1) is 9.70. The summed E-state index contributed by atoms with van der Waals surface area (Å²) >= 11 is 0. The second-order valence-electron chi connectivity index (χ2n) is 4.87. The van der Waals surface area contributed by atoms with E-state index in [-0.39, 0.29) is 5.91 Å². The van der Waals surface area contributed by atoms with Crippen LogP contribution in [0.4, 0.5) is 11.4 Å². The lowest BCUT2D eigenvalue weighted by Crippen LogP contribution is -2.25. The lowest BCUT2D eigenvalue weighted by Gasteiger charge is -2.07. The average molecular weight is 264 g/mol. The summed E-state index contributed by atoms with van der Waals surface area (Å²) in [7, 11) is 1.78. The van der Waals surface area contributed by atoms with E-state index >= 15 is 0 Å². The van der Waals surface area contributed by atoms with E-state index < -0.39 is 0 Å². The van der Waals surface area contributed by atoms with Crippen LogP contribution in [0, 0.1) is 0 Å². The van der Waals surface area contributed by atoms with Crippen LogP contribution < -0.4 is 4.90 Å². The Bertz CT molecular complexity index is 704. The Morgan fingerprint density at radius 2 is 1.90 bits per heavy atom. The number of hydrogen-bond donors (Lipinski definition) is 0. The third-order valence-corrected chi connectivity index (χ3v) is 3.59. The SMILES string of the molecule is CCc1cccc(N=C2C(=O)N(C)c3ccccc32)c1. The smallest absolute Gasteiger partial charge is 0.277 e. The summed E-state index contributed by atoms with van der Waals surface area (Å²) in [6.07, 6.45) is 0.961. The van der Waals surface area contributed by atoms with E-state index in [9.17, 15) is 4.79 Å². The third-order valence-electron chi connectivity index (χ3n) is 3.59. The van der Waals surface area contributed by atoms with Gasteiger partial charge in [-0.1, -0.05) is 37.3 Å². The molecule has 0 spiro atoms. The summed E-state index contributed by atoms with van der Waals surface area (Å²) in [6.45, 7) is 2.11. The Morgan fingerprint density at radius 1 is 1.10 bits per heavy atom. The largest absolute Gasteiger partial charge is 0.309 e. The Hall–Kier alpha value is -2.42. The summed E-state index contributed by atoms with van der Waals surface area (Å²) in [5.41, 5.74) is 4.40. The molecule has 3 nitrogen and oxygen atoms in total. The molecule has 1 aliphatic rings. The number of aryl methyl sites for hydroxylation is 1. The third kappa shape index (κ3) is 2.01. The number of rotatable bonds is 2. The average Bonchev–Trinajstić information content (AvgIpc) is 2.73. The van der Waals surface area contributed by atoms with Crippen molar-refractivity contribution < 1.29 is 4.79 Å². The number of carbonyl (C=O) groups excluding carboxylic acids is 1. The second-order valence-corrected chi connectivity index (χ2v) is 4.87. The Balaban J connectivity index is 2.09. The first-order valence-electron chi connectivity index (χ1n) is 6.76. The molecule has 0 unspecified atom stereocenters. The van der Waals surface area contributed by atoms with Gasteiger partial charge < -0.3 is 4.90 Å². The van der Waals surface area contributed by atoms with Crippen LogP contribution in [0.25, 0.3) is 0 Å². The molecule has 1 amide bonds. The highest BCUT2D eigenvalue weighted by Crippen LogP contribution is 2.29. The van der Waals surface area contributed by atoms with Crippen LogP contribution in [0.2, 0.25) is 0 Å². The van der Waals surface area contributed by atoms with Gasteiger partial charge in [0.25, 0.3) is 5.91 Å². The molecule has 0 radical (unpaired) electrons. The molecule has 0 aromatic heterocycles. The molecule has 100 valence electrons. The zero-order valence-electron chi connectivity index (χ0n) is 11.6. The van der Waals surface area contributed by atoms with Gasteiger partial charge in [-0.15, -0.1) is 0 Å². The molecule has 1 aliphatic heterocycles. The second kappa shape index (κ2) is 4.93. The number of hydrogen-bond acceptors (Lipinski definition) is 2. The van der Waals surface area contributed by atoms with E-state index in [1.165, 1.54) is 5.56 Å². The van der Waals surface area contributed by atoms with E-state index in [4.69, 9.17) is 0 Å². The summed E-state index contributed by atoms with van der Waals surface area (Å²) in [5.74, 6) is -0.0481. The Morgan fingerprint density at radius 3 is 2.70 bits per heavy atom. The highest BCUT2D eigenvalue weighted by molar-refractivity contribution is 6.54. The van der Waals surface area contributed by atoms with E-state index in [1.54, 1.807) is 11.9 Å². The maximum Gasteiger partial charge on any atom is 0.277 e. The van der Waals surface area contributed by atoms with Gasteiger partial charge in [0, 0.05) is 12.6 Å². The Kier molecular flexibility index (Phi) is 3.11. The minimum absolute atomic E-state index is 0.0481. The molecule has 3 rings (SSSR count). The van der Waals surface area contributed by atoms with Crippen LogP contribution in [0.1, 0.15) is 18.1 Å². The maximum atomic E-state index is 12.3. The maximum absolute atomic E-state index is 12.3. The lowest BCUT2D eigenvalue weighted by molar-refractivity contribution is -0.111. The molecule has 0 aliphatic carbocycles. The summed E-state index contributed by atoms with van der Waals surface area (Å²) in [4.78, 5) is 18.5. The van der Waals surface area contributed by atoms with Crippen LogP contribution in [0.15, 0.2) is 53.5 Å². The van der Waals surface area contributed by atoms with Crippen molar-refractivity contribution in [3.8, 4) is 0 Å². The van der Waals surface area contributed by atoms with Crippen LogP contribution >= 0.6 is 0 Å². The van der Waals surface area contributed by atoms with Crippen molar-refractivity contribution in [2.24, 2.45) is 4.99 Å². The highest BCUT2D eigenvalue weighted by Gasteiger charge is 2.30. The van der Waals surface area contributed by atoms with E-state index in [0.717, 1.165) is 23.4 Å². The van der Waals surface area contributed by atoms with Crippen molar-refractivity contribution in [1.82, 2.24) is 0 Å².